The molecule has 7 heteroatoms. The minimum Gasteiger partial charge on any atom is -0.356 e. The van der Waals surface area contributed by atoms with Gasteiger partial charge in [-0.05, 0) is 23.0 Å². The van der Waals surface area contributed by atoms with Crippen LogP contribution in [0, 0.1) is 0 Å². The number of amides is 1. The fourth-order valence-electron chi connectivity index (χ4n) is 3.48. The molecule has 0 atom stereocenters. The van der Waals surface area contributed by atoms with E-state index in [0.717, 1.165) is 23.4 Å². The van der Waals surface area contributed by atoms with Crippen LogP contribution >= 0.6 is 11.8 Å². The fraction of sp³-hybridized carbons (Fsp3) is 0.333. The van der Waals surface area contributed by atoms with Gasteiger partial charge in [0, 0.05) is 31.1 Å². The minimum absolute atomic E-state index is 0.0302. The zero-order valence-corrected chi connectivity index (χ0v) is 21.1. The molecule has 34 heavy (non-hydrogen) atoms. The molecule has 178 valence electrons. The van der Waals surface area contributed by atoms with Gasteiger partial charge in [0.25, 0.3) is 0 Å². The molecule has 1 heterocycles. The number of carbonyl (C=O) groups is 2. The second-order valence-corrected chi connectivity index (χ2v) is 10.1. The van der Waals surface area contributed by atoms with E-state index in [0.29, 0.717) is 23.8 Å². The molecule has 2 aromatic carbocycles. The van der Waals surface area contributed by atoms with Crippen molar-refractivity contribution in [3.05, 3.63) is 77.9 Å². The van der Waals surface area contributed by atoms with Crippen LogP contribution in [0.15, 0.2) is 66.3 Å². The first-order chi connectivity index (χ1) is 16.2. The van der Waals surface area contributed by atoms with E-state index in [1.807, 2.05) is 34.9 Å². The summed E-state index contributed by atoms with van der Waals surface area (Å²) in [5, 5.41) is 12.2. The summed E-state index contributed by atoms with van der Waals surface area (Å²) in [6, 6.07) is 15.9. The highest BCUT2D eigenvalue weighted by molar-refractivity contribution is 7.99. The number of benzene rings is 2. The van der Waals surface area contributed by atoms with Crippen molar-refractivity contribution in [1.29, 1.82) is 0 Å². The van der Waals surface area contributed by atoms with Gasteiger partial charge in [-0.3, -0.25) is 14.2 Å². The molecule has 3 rings (SSSR count). The summed E-state index contributed by atoms with van der Waals surface area (Å²) in [7, 11) is 0. The van der Waals surface area contributed by atoms with Gasteiger partial charge in [0.05, 0.1) is 5.75 Å². The Balaban J connectivity index is 1.68. The highest BCUT2D eigenvalue weighted by Crippen LogP contribution is 2.28. The summed E-state index contributed by atoms with van der Waals surface area (Å²) in [6.45, 7) is 13.1. The highest BCUT2D eigenvalue weighted by atomic mass is 32.2. The molecule has 1 amide bonds. The summed E-state index contributed by atoms with van der Waals surface area (Å²) in [5.74, 6) is 1.02. The number of ketones is 1. The third-order valence-electron chi connectivity index (χ3n) is 5.43. The summed E-state index contributed by atoms with van der Waals surface area (Å²) in [6.07, 6.45) is 2.54. The topological polar surface area (TPSA) is 76.9 Å². The number of allylic oxidation sites excluding steroid dienone is 1. The van der Waals surface area contributed by atoms with Crippen molar-refractivity contribution in [3.8, 4) is 11.4 Å². The van der Waals surface area contributed by atoms with E-state index in [1.54, 1.807) is 0 Å². The monoisotopic (exact) mass is 476 g/mol. The van der Waals surface area contributed by atoms with E-state index >= 15 is 0 Å². The van der Waals surface area contributed by atoms with Gasteiger partial charge in [0.15, 0.2) is 16.8 Å². The van der Waals surface area contributed by atoms with Crippen LogP contribution in [0.5, 0.6) is 0 Å². The van der Waals surface area contributed by atoms with Crippen LogP contribution in [-0.2, 0) is 23.2 Å². The first-order valence-electron chi connectivity index (χ1n) is 11.3. The summed E-state index contributed by atoms with van der Waals surface area (Å²) in [4.78, 5) is 23.7. The number of aromatic nitrogens is 3. The van der Waals surface area contributed by atoms with Crippen LogP contribution in [0.1, 0.15) is 49.2 Å². The van der Waals surface area contributed by atoms with E-state index in [4.69, 9.17) is 0 Å². The SMILES string of the molecule is C=CCn1c(SCC(=O)c2ccc(CCNC(C)=O)cc2)nnc1-c1ccc(C(C)(C)C)cc1. The predicted molar refractivity (Wildman–Crippen MR) is 138 cm³/mol. The lowest BCUT2D eigenvalue weighted by molar-refractivity contribution is -0.118. The number of rotatable bonds is 10. The minimum atomic E-state index is -0.0433. The Kier molecular flexibility index (Phi) is 8.45. The third-order valence-corrected chi connectivity index (χ3v) is 6.40. The van der Waals surface area contributed by atoms with Crippen molar-refractivity contribution >= 4 is 23.5 Å². The van der Waals surface area contributed by atoms with Gasteiger partial charge in [0.1, 0.15) is 0 Å². The third kappa shape index (κ3) is 6.67. The molecule has 0 aliphatic rings. The van der Waals surface area contributed by atoms with Crippen LogP contribution in [0.4, 0.5) is 0 Å². The Morgan fingerprint density at radius 2 is 1.74 bits per heavy atom. The molecule has 0 aliphatic heterocycles. The van der Waals surface area contributed by atoms with Gasteiger partial charge in [-0.1, -0.05) is 87.1 Å². The van der Waals surface area contributed by atoms with Crippen molar-refractivity contribution in [2.24, 2.45) is 0 Å². The molecule has 0 aliphatic carbocycles. The average Bonchev–Trinajstić information content (AvgIpc) is 3.20. The second kappa shape index (κ2) is 11.3. The van der Waals surface area contributed by atoms with Crippen LogP contribution < -0.4 is 5.32 Å². The molecule has 0 spiro atoms. The van der Waals surface area contributed by atoms with Crippen LogP contribution in [0.3, 0.4) is 0 Å². The van der Waals surface area contributed by atoms with Gasteiger partial charge < -0.3 is 5.32 Å². The largest absolute Gasteiger partial charge is 0.356 e. The van der Waals surface area contributed by atoms with Crippen molar-refractivity contribution in [1.82, 2.24) is 20.1 Å². The molecule has 0 saturated carbocycles. The average molecular weight is 477 g/mol. The molecular formula is C27H32N4O2S. The van der Waals surface area contributed by atoms with E-state index in [2.05, 4.69) is 67.1 Å². The van der Waals surface area contributed by atoms with Crippen LogP contribution in [0.2, 0.25) is 0 Å². The number of thioether (sulfide) groups is 1. The summed E-state index contributed by atoms with van der Waals surface area (Å²) >= 11 is 1.38. The first kappa shape index (κ1) is 25.4. The Morgan fingerprint density at radius 3 is 2.32 bits per heavy atom. The molecule has 6 nitrogen and oxygen atoms in total. The molecule has 0 unspecified atom stereocenters. The van der Waals surface area contributed by atoms with Crippen LogP contribution in [-0.4, -0.2) is 38.8 Å². The molecule has 1 aromatic heterocycles. The Bertz CT molecular complexity index is 1140. The van der Waals surface area contributed by atoms with Gasteiger partial charge >= 0.3 is 0 Å². The highest BCUT2D eigenvalue weighted by Gasteiger charge is 2.17. The number of nitrogens with one attached hydrogen (secondary N) is 1. The van der Waals surface area contributed by atoms with Crippen molar-refractivity contribution < 1.29 is 9.59 Å². The summed E-state index contributed by atoms with van der Waals surface area (Å²) < 4.78 is 1.99. The first-order valence-corrected chi connectivity index (χ1v) is 12.3. The molecule has 1 N–H and O–H groups in total. The predicted octanol–water partition coefficient (Wildman–Crippen LogP) is 5.08. The quantitative estimate of drug-likeness (QED) is 0.251. The number of nitrogens with zero attached hydrogens (tertiary/aromatic N) is 3. The molecule has 0 radical (unpaired) electrons. The van der Waals surface area contributed by atoms with Gasteiger partial charge in [-0.2, -0.15) is 0 Å². The van der Waals surface area contributed by atoms with Crippen molar-refractivity contribution in [3.63, 3.8) is 0 Å². The van der Waals surface area contributed by atoms with Gasteiger partial charge in [0.2, 0.25) is 5.91 Å². The molecule has 0 saturated heterocycles. The van der Waals surface area contributed by atoms with E-state index in [9.17, 15) is 9.59 Å². The van der Waals surface area contributed by atoms with Gasteiger partial charge in [-0.25, -0.2) is 0 Å². The van der Waals surface area contributed by atoms with Gasteiger partial charge in [-0.15, -0.1) is 16.8 Å². The van der Waals surface area contributed by atoms with E-state index in [1.165, 1.54) is 24.2 Å². The molecule has 0 fully saturated rings. The lowest BCUT2D eigenvalue weighted by atomic mass is 9.87. The molecule has 0 bridgehead atoms. The standard InChI is InChI=1S/C27H32N4O2S/c1-6-17-31-25(22-11-13-23(14-12-22)27(3,4)5)29-30-26(31)34-18-24(33)21-9-7-20(8-10-21)15-16-28-19(2)32/h6-14H,1,15-18H2,2-5H3,(H,28,32). The lowest BCUT2D eigenvalue weighted by Gasteiger charge is -2.19. The normalized spacial score (nSPS) is 11.3. The zero-order chi connectivity index (χ0) is 24.7. The fourth-order valence-corrected chi connectivity index (χ4v) is 4.32. The number of hydrogen-bond acceptors (Lipinski definition) is 5. The van der Waals surface area contributed by atoms with Crippen molar-refractivity contribution in [2.75, 3.05) is 12.3 Å². The lowest BCUT2D eigenvalue weighted by Crippen LogP contribution is -2.22. The maximum Gasteiger partial charge on any atom is 0.216 e. The maximum atomic E-state index is 12.8. The summed E-state index contributed by atoms with van der Waals surface area (Å²) in [5.41, 5.74) is 4.05. The number of Topliss-reactive ketones (excluding diaryl/α,β-unsaturated/α-hetero) is 1. The number of hydrogen-bond donors (Lipinski definition) is 1. The zero-order valence-electron chi connectivity index (χ0n) is 20.3. The smallest absolute Gasteiger partial charge is 0.216 e. The van der Waals surface area contributed by atoms with E-state index in [-0.39, 0.29) is 22.9 Å². The van der Waals surface area contributed by atoms with Crippen LogP contribution in [0.25, 0.3) is 11.4 Å². The molecule has 3 aromatic rings. The second-order valence-electron chi connectivity index (χ2n) is 9.17. The number of carbonyl (C=O) groups excluding carboxylic acids is 2. The molecular weight excluding hydrogens is 444 g/mol. The maximum absolute atomic E-state index is 12.8. The Hall–Kier alpha value is -3.19. The Morgan fingerprint density at radius 1 is 1.06 bits per heavy atom. The van der Waals surface area contributed by atoms with Crippen molar-refractivity contribution in [2.45, 2.75) is 51.2 Å². The Labute approximate surface area is 205 Å². The van der Waals surface area contributed by atoms with E-state index < -0.39 is 0 Å².